The van der Waals surface area contributed by atoms with E-state index in [1.807, 2.05) is 0 Å². The first-order valence-electron chi connectivity index (χ1n) is 13.3. The maximum absolute atomic E-state index is 14.1. The highest BCUT2D eigenvalue weighted by molar-refractivity contribution is 6.24. The summed E-state index contributed by atoms with van der Waals surface area (Å²) in [7, 11) is 2.89. The SMILES string of the molecule is C[C@@H]1c2ccc(C(C)(C)CCCC(=O)O)c(O)c2C(O)=C2C(=O)[C@@]3(O)C(O)=C(C(N)=O)C(=O)[C@H](N(C)C)[C@H]3[C@H](O)[C@H]21. The number of aliphatic hydroxyl groups is 4. The van der Waals surface area contributed by atoms with Crippen LogP contribution in [0.15, 0.2) is 29.0 Å². The Balaban J connectivity index is 1.95. The number of phenols is 1. The third-order valence-electron chi connectivity index (χ3n) is 9.05. The highest BCUT2D eigenvalue weighted by Crippen LogP contribution is 2.57. The number of carbonyl (C=O) groups is 4. The molecule has 0 bridgehead atoms. The highest BCUT2D eigenvalue weighted by atomic mass is 16.4. The van der Waals surface area contributed by atoms with Crippen LogP contribution in [0.1, 0.15) is 62.6 Å². The smallest absolute Gasteiger partial charge is 0.303 e. The molecule has 0 spiro atoms. The second-order valence-electron chi connectivity index (χ2n) is 12.1. The summed E-state index contributed by atoms with van der Waals surface area (Å²) in [6, 6.07) is 1.88. The van der Waals surface area contributed by atoms with E-state index in [9.17, 15) is 44.7 Å². The molecule has 0 heterocycles. The van der Waals surface area contributed by atoms with Crippen molar-refractivity contribution in [3.8, 4) is 5.75 Å². The van der Waals surface area contributed by atoms with Gasteiger partial charge >= 0.3 is 5.97 Å². The van der Waals surface area contributed by atoms with Crippen LogP contribution in [-0.2, 0) is 24.6 Å². The predicted molar refractivity (Wildman–Crippen MR) is 145 cm³/mol. The van der Waals surface area contributed by atoms with Gasteiger partial charge in [-0.3, -0.25) is 24.1 Å². The van der Waals surface area contributed by atoms with E-state index >= 15 is 0 Å². The molecule has 0 radical (unpaired) electrons. The van der Waals surface area contributed by atoms with E-state index in [1.54, 1.807) is 32.9 Å². The van der Waals surface area contributed by atoms with Crippen molar-refractivity contribution in [2.75, 3.05) is 14.1 Å². The average molecular weight is 573 g/mol. The Morgan fingerprint density at radius 1 is 1.12 bits per heavy atom. The standard InChI is InChI=1S/C29H36N2O10/c1-11-12-8-9-13(28(2,3)10-6-7-14(32)33)21(34)16(12)22(35)17-15(11)23(36)19-20(31(4)5)24(37)18(27(30)40)26(39)29(19,41)25(17)38/h8-9,11,15,19-20,23,34-36,39,41H,6-7,10H2,1-5H3,(H2,30,40)(H,32,33)/t11-,15+,19+,20-,23-,29-/m1/s1. The normalized spacial score (nSPS) is 29.8. The molecule has 3 aliphatic carbocycles. The molecule has 12 nitrogen and oxygen atoms in total. The largest absolute Gasteiger partial charge is 0.508 e. The van der Waals surface area contributed by atoms with Gasteiger partial charge in [-0.2, -0.15) is 0 Å². The van der Waals surface area contributed by atoms with E-state index < -0.39 is 87.0 Å². The number of ketones is 2. The van der Waals surface area contributed by atoms with E-state index in [0.29, 0.717) is 24.0 Å². The number of hydrogen-bond donors (Lipinski definition) is 7. The van der Waals surface area contributed by atoms with Gasteiger partial charge in [0.2, 0.25) is 5.78 Å². The maximum atomic E-state index is 14.1. The van der Waals surface area contributed by atoms with E-state index in [0.717, 1.165) is 0 Å². The molecule has 1 fully saturated rings. The minimum absolute atomic E-state index is 0.0734. The Kier molecular flexibility index (Phi) is 7.35. The zero-order chi connectivity index (χ0) is 30.9. The van der Waals surface area contributed by atoms with Crippen LogP contribution < -0.4 is 5.73 Å². The number of carboxylic acids is 1. The predicted octanol–water partition coefficient (Wildman–Crippen LogP) is 1.03. The van der Waals surface area contributed by atoms with Crippen molar-refractivity contribution < 1.29 is 49.8 Å². The summed E-state index contributed by atoms with van der Waals surface area (Å²) in [5.74, 6) is -10.4. The number of benzene rings is 1. The summed E-state index contributed by atoms with van der Waals surface area (Å²) in [6.07, 6.45) is -1.03. The number of aliphatic carboxylic acids is 1. The van der Waals surface area contributed by atoms with Crippen LogP contribution in [0.5, 0.6) is 5.75 Å². The lowest BCUT2D eigenvalue weighted by molar-refractivity contribution is -0.169. The molecular formula is C29H36N2O10. The van der Waals surface area contributed by atoms with Gasteiger partial charge < -0.3 is 36.4 Å². The van der Waals surface area contributed by atoms with E-state index in [4.69, 9.17) is 10.8 Å². The number of aromatic hydroxyl groups is 1. The van der Waals surface area contributed by atoms with Gasteiger partial charge in [-0.05, 0) is 43.8 Å². The monoisotopic (exact) mass is 572 g/mol. The minimum atomic E-state index is -2.98. The molecule has 6 atom stereocenters. The molecular weight excluding hydrogens is 536 g/mol. The van der Waals surface area contributed by atoms with Gasteiger partial charge in [0.15, 0.2) is 11.4 Å². The number of fused-ring (bicyclic) bond motifs is 3. The van der Waals surface area contributed by atoms with Crippen LogP contribution in [-0.4, -0.2) is 90.8 Å². The Labute approximate surface area is 236 Å². The molecule has 4 rings (SSSR count). The number of nitrogens with zero attached hydrogens (tertiary/aromatic N) is 1. The molecule has 222 valence electrons. The van der Waals surface area contributed by atoms with Crippen molar-refractivity contribution in [1.29, 1.82) is 0 Å². The van der Waals surface area contributed by atoms with E-state index in [2.05, 4.69) is 0 Å². The molecule has 0 aromatic heterocycles. The maximum Gasteiger partial charge on any atom is 0.303 e. The lowest BCUT2D eigenvalue weighted by Crippen LogP contribution is -2.70. The molecule has 12 heteroatoms. The number of primary amides is 1. The molecule has 1 amide bonds. The third kappa shape index (κ3) is 4.23. The zero-order valence-corrected chi connectivity index (χ0v) is 23.5. The Bertz CT molecular complexity index is 1420. The van der Waals surface area contributed by atoms with Gasteiger partial charge in [-0.15, -0.1) is 0 Å². The number of carboxylic acid groups (broad SMARTS) is 1. The summed E-state index contributed by atoms with van der Waals surface area (Å²) in [5.41, 5.74) is 0.875. The van der Waals surface area contributed by atoms with Crippen LogP contribution in [0, 0.1) is 11.8 Å². The number of rotatable bonds is 7. The topological polar surface area (TPSA) is 219 Å². The van der Waals surface area contributed by atoms with Crippen molar-refractivity contribution in [3.63, 3.8) is 0 Å². The quantitative estimate of drug-likeness (QED) is 0.229. The Morgan fingerprint density at radius 2 is 1.73 bits per heavy atom. The second-order valence-corrected chi connectivity index (χ2v) is 12.1. The van der Waals surface area contributed by atoms with E-state index in [1.165, 1.54) is 19.0 Å². The molecule has 1 aromatic rings. The highest BCUT2D eigenvalue weighted by Gasteiger charge is 2.68. The number of aliphatic hydroxyl groups excluding tert-OH is 3. The van der Waals surface area contributed by atoms with Crippen molar-refractivity contribution in [2.24, 2.45) is 17.6 Å². The van der Waals surface area contributed by atoms with Gasteiger partial charge in [0.05, 0.1) is 23.6 Å². The average Bonchev–Trinajstić information content (AvgIpc) is 2.85. The first-order valence-corrected chi connectivity index (χ1v) is 13.3. The molecule has 0 unspecified atom stereocenters. The molecule has 1 saturated carbocycles. The first kappa shape index (κ1) is 30.2. The fourth-order valence-electron chi connectivity index (χ4n) is 6.98. The van der Waals surface area contributed by atoms with Gasteiger partial charge in [0.1, 0.15) is 22.8 Å². The second kappa shape index (κ2) is 9.97. The molecule has 41 heavy (non-hydrogen) atoms. The molecule has 0 saturated heterocycles. The summed E-state index contributed by atoms with van der Waals surface area (Å²) in [4.78, 5) is 51.8. The van der Waals surface area contributed by atoms with Crippen LogP contribution in [0.2, 0.25) is 0 Å². The molecule has 3 aliphatic rings. The van der Waals surface area contributed by atoms with Crippen molar-refractivity contribution in [2.45, 2.75) is 69.1 Å². The van der Waals surface area contributed by atoms with Crippen molar-refractivity contribution in [3.05, 3.63) is 45.7 Å². The van der Waals surface area contributed by atoms with Crippen LogP contribution >= 0.6 is 0 Å². The van der Waals surface area contributed by atoms with Gasteiger partial charge in [0.25, 0.3) is 5.91 Å². The number of amides is 1. The lowest BCUT2D eigenvalue weighted by atomic mass is 9.54. The van der Waals surface area contributed by atoms with Crippen molar-refractivity contribution in [1.82, 2.24) is 4.90 Å². The fraction of sp³-hybridized carbons (Fsp3) is 0.517. The van der Waals surface area contributed by atoms with Crippen LogP contribution in [0.4, 0.5) is 0 Å². The number of likely N-dealkylation sites (N-methyl/N-ethyl adjacent to an activating group) is 1. The van der Waals surface area contributed by atoms with Crippen LogP contribution in [0.3, 0.4) is 0 Å². The summed E-state index contributed by atoms with van der Waals surface area (Å²) in [6.45, 7) is 5.26. The Morgan fingerprint density at radius 3 is 2.27 bits per heavy atom. The van der Waals surface area contributed by atoms with E-state index in [-0.39, 0.29) is 17.7 Å². The van der Waals surface area contributed by atoms with Crippen LogP contribution in [0.25, 0.3) is 5.76 Å². The third-order valence-corrected chi connectivity index (χ3v) is 9.05. The van der Waals surface area contributed by atoms with Gasteiger partial charge in [-0.1, -0.05) is 32.9 Å². The molecule has 0 aliphatic heterocycles. The fourth-order valence-corrected chi connectivity index (χ4v) is 6.98. The minimum Gasteiger partial charge on any atom is -0.508 e. The van der Waals surface area contributed by atoms with Gasteiger partial charge in [-0.25, -0.2) is 0 Å². The summed E-state index contributed by atoms with van der Waals surface area (Å²) >= 11 is 0. The number of phenolic OH excluding ortho intramolecular Hbond substituents is 1. The number of Topliss-reactive ketones (excluding diaryl/α,β-unsaturated/α-hetero) is 2. The van der Waals surface area contributed by atoms with Crippen molar-refractivity contribution >= 4 is 29.2 Å². The molecule has 8 N–H and O–H groups in total. The number of carbonyl (C=O) groups excluding carboxylic acids is 3. The zero-order valence-electron chi connectivity index (χ0n) is 23.5. The lowest BCUT2D eigenvalue weighted by Gasteiger charge is -2.53. The first-order chi connectivity index (χ1) is 18.9. The number of hydrogen-bond acceptors (Lipinski definition) is 10. The van der Waals surface area contributed by atoms with Gasteiger partial charge in [0, 0.05) is 23.5 Å². The number of nitrogens with two attached hydrogens (primary N) is 1. The summed E-state index contributed by atoms with van der Waals surface area (Å²) < 4.78 is 0. The Hall–Kier alpha value is -3.74. The summed E-state index contributed by atoms with van der Waals surface area (Å²) in [5, 5.41) is 66.4. The molecule has 1 aromatic carbocycles.